The smallest absolute Gasteiger partial charge is 0.358 e. The third kappa shape index (κ3) is 3.61. The molecule has 1 saturated heterocycles. The van der Waals surface area contributed by atoms with Crippen molar-refractivity contribution in [1.29, 1.82) is 0 Å². The van der Waals surface area contributed by atoms with Crippen LogP contribution in [0.25, 0.3) is 5.69 Å². The van der Waals surface area contributed by atoms with Crippen LogP contribution in [0.3, 0.4) is 0 Å². The Morgan fingerprint density at radius 3 is 2.75 bits per heavy atom. The van der Waals surface area contributed by atoms with Crippen molar-refractivity contribution < 1.29 is 14.7 Å². The van der Waals surface area contributed by atoms with E-state index < -0.39 is 5.97 Å². The molecule has 1 atom stereocenters. The third-order valence-corrected chi connectivity index (χ3v) is 4.78. The maximum absolute atomic E-state index is 13.1. The second kappa shape index (κ2) is 7.59. The molecule has 3 aromatic rings. The normalized spacial score (nSPS) is 16.9. The first kappa shape index (κ1) is 17.8. The van der Waals surface area contributed by atoms with Crippen LogP contribution in [0.5, 0.6) is 0 Å². The van der Waals surface area contributed by atoms with E-state index in [2.05, 4.69) is 20.6 Å². The molecule has 0 spiro atoms. The number of hydrogen-bond donors (Lipinski definition) is 1. The lowest BCUT2D eigenvalue weighted by molar-refractivity contribution is 0.0649. The number of carboxylic acids is 1. The lowest BCUT2D eigenvalue weighted by Crippen LogP contribution is -2.41. The molecule has 1 amide bonds. The molecule has 3 heterocycles. The number of aromatic carboxylic acids is 1. The number of para-hydroxylation sites is 1. The maximum atomic E-state index is 13.1. The zero-order valence-electron chi connectivity index (χ0n) is 15.0. The van der Waals surface area contributed by atoms with Crippen molar-refractivity contribution in [2.24, 2.45) is 5.92 Å². The van der Waals surface area contributed by atoms with E-state index in [1.165, 1.54) is 17.1 Å². The van der Waals surface area contributed by atoms with Crippen molar-refractivity contribution in [2.45, 2.75) is 19.4 Å². The molecule has 10 heteroatoms. The second-order valence-electron chi connectivity index (χ2n) is 6.76. The summed E-state index contributed by atoms with van der Waals surface area (Å²) in [5.74, 6) is -1.06. The van der Waals surface area contributed by atoms with Gasteiger partial charge in [0.1, 0.15) is 0 Å². The summed E-state index contributed by atoms with van der Waals surface area (Å²) in [6.07, 6.45) is 4.69. The van der Waals surface area contributed by atoms with Gasteiger partial charge in [0.15, 0.2) is 11.4 Å². The van der Waals surface area contributed by atoms with Gasteiger partial charge in [-0.1, -0.05) is 28.6 Å². The maximum Gasteiger partial charge on any atom is 0.358 e. The van der Waals surface area contributed by atoms with Crippen LogP contribution in [0.2, 0.25) is 0 Å². The van der Waals surface area contributed by atoms with Crippen LogP contribution in [-0.2, 0) is 6.54 Å². The summed E-state index contributed by atoms with van der Waals surface area (Å²) in [6.45, 7) is 1.73. The summed E-state index contributed by atoms with van der Waals surface area (Å²) in [4.78, 5) is 25.8. The third-order valence-electron chi connectivity index (χ3n) is 4.78. The molecule has 0 aliphatic carbocycles. The molecule has 1 aliphatic heterocycles. The van der Waals surface area contributed by atoms with Crippen LogP contribution in [-0.4, -0.2) is 65.0 Å². The van der Waals surface area contributed by atoms with Gasteiger partial charge in [-0.15, -0.1) is 10.2 Å². The predicted octanol–water partition coefficient (Wildman–Crippen LogP) is 1.11. The van der Waals surface area contributed by atoms with Gasteiger partial charge < -0.3 is 10.0 Å². The summed E-state index contributed by atoms with van der Waals surface area (Å²) in [5.41, 5.74) is 1.11. The molecule has 2 aromatic heterocycles. The molecule has 1 fully saturated rings. The van der Waals surface area contributed by atoms with E-state index in [0.717, 1.165) is 18.5 Å². The number of carbonyl (C=O) groups is 2. The second-order valence-corrected chi connectivity index (χ2v) is 6.76. The van der Waals surface area contributed by atoms with Gasteiger partial charge in [0.05, 0.1) is 18.1 Å². The Morgan fingerprint density at radius 2 is 2.00 bits per heavy atom. The SMILES string of the molecule is O=C(O)c1cn(CC2CCCN(C(=O)c3cnnn3-c3ccccc3)C2)nn1. The average molecular weight is 381 g/mol. The lowest BCUT2D eigenvalue weighted by atomic mass is 9.98. The van der Waals surface area contributed by atoms with E-state index in [1.807, 2.05) is 30.3 Å². The fourth-order valence-corrected chi connectivity index (χ4v) is 3.45. The zero-order valence-corrected chi connectivity index (χ0v) is 15.0. The van der Waals surface area contributed by atoms with Crippen LogP contribution in [0.4, 0.5) is 0 Å². The number of rotatable bonds is 5. The lowest BCUT2D eigenvalue weighted by Gasteiger charge is -2.32. The molecule has 4 rings (SSSR count). The summed E-state index contributed by atoms with van der Waals surface area (Å²) in [6, 6.07) is 9.40. The van der Waals surface area contributed by atoms with Crippen molar-refractivity contribution >= 4 is 11.9 Å². The predicted molar refractivity (Wildman–Crippen MR) is 97.0 cm³/mol. The summed E-state index contributed by atoms with van der Waals surface area (Å²) < 4.78 is 3.07. The molecule has 1 N–H and O–H groups in total. The molecular formula is C18H19N7O3. The number of carboxylic acid groups (broad SMARTS) is 1. The van der Waals surface area contributed by atoms with Crippen LogP contribution in [0.1, 0.15) is 33.8 Å². The van der Waals surface area contributed by atoms with Gasteiger partial charge in [0.25, 0.3) is 5.91 Å². The van der Waals surface area contributed by atoms with Crippen molar-refractivity contribution in [1.82, 2.24) is 34.9 Å². The van der Waals surface area contributed by atoms with E-state index in [9.17, 15) is 9.59 Å². The Kier molecular flexibility index (Phi) is 4.83. The number of benzene rings is 1. The molecule has 1 unspecified atom stereocenters. The van der Waals surface area contributed by atoms with Crippen molar-refractivity contribution in [3.63, 3.8) is 0 Å². The largest absolute Gasteiger partial charge is 0.476 e. The molecule has 144 valence electrons. The van der Waals surface area contributed by atoms with Gasteiger partial charge >= 0.3 is 5.97 Å². The minimum absolute atomic E-state index is 0.0819. The number of piperidine rings is 1. The molecule has 1 aliphatic rings. The van der Waals surface area contributed by atoms with Gasteiger partial charge in [-0.25, -0.2) is 9.48 Å². The number of carbonyl (C=O) groups excluding carboxylic acids is 1. The fraction of sp³-hybridized carbons (Fsp3) is 0.333. The van der Waals surface area contributed by atoms with E-state index in [0.29, 0.717) is 25.3 Å². The molecule has 0 radical (unpaired) electrons. The summed E-state index contributed by atoms with van der Waals surface area (Å²) in [5, 5.41) is 24.4. The Balaban J connectivity index is 1.47. The Morgan fingerprint density at radius 1 is 1.18 bits per heavy atom. The van der Waals surface area contributed by atoms with Crippen LogP contribution in [0.15, 0.2) is 42.7 Å². The van der Waals surface area contributed by atoms with E-state index in [4.69, 9.17) is 5.11 Å². The molecule has 1 aromatic carbocycles. The molecule has 28 heavy (non-hydrogen) atoms. The number of likely N-dealkylation sites (tertiary alicyclic amines) is 1. The van der Waals surface area contributed by atoms with E-state index in [-0.39, 0.29) is 17.5 Å². The first-order chi connectivity index (χ1) is 13.6. The highest BCUT2D eigenvalue weighted by molar-refractivity contribution is 5.92. The van der Waals surface area contributed by atoms with Gasteiger partial charge in [0.2, 0.25) is 0 Å². The number of aromatic nitrogens is 6. The first-order valence-electron chi connectivity index (χ1n) is 9.00. The van der Waals surface area contributed by atoms with Crippen LogP contribution >= 0.6 is 0 Å². The molecule has 10 nitrogen and oxygen atoms in total. The standard InChI is InChI=1S/C18H19N7O3/c26-17(16-9-19-21-25(16)14-6-2-1-3-7-14)23-8-4-5-13(10-23)11-24-12-15(18(27)28)20-22-24/h1-3,6-7,9,12-13H,4-5,8,10-11H2,(H,27,28). The van der Waals surface area contributed by atoms with Crippen LogP contribution < -0.4 is 0 Å². The number of amides is 1. The van der Waals surface area contributed by atoms with E-state index in [1.54, 1.807) is 9.58 Å². The van der Waals surface area contributed by atoms with E-state index >= 15 is 0 Å². The van der Waals surface area contributed by atoms with Gasteiger partial charge in [-0.2, -0.15) is 0 Å². The van der Waals surface area contributed by atoms with Crippen molar-refractivity contribution in [3.05, 3.63) is 54.1 Å². The number of nitrogens with zero attached hydrogens (tertiary/aromatic N) is 7. The summed E-state index contributed by atoms with van der Waals surface area (Å²) in [7, 11) is 0. The average Bonchev–Trinajstić information content (AvgIpc) is 3.38. The highest BCUT2D eigenvalue weighted by Crippen LogP contribution is 2.21. The molecule has 0 saturated carbocycles. The van der Waals surface area contributed by atoms with Gasteiger partial charge in [-0.05, 0) is 30.9 Å². The van der Waals surface area contributed by atoms with Crippen molar-refractivity contribution in [2.75, 3.05) is 13.1 Å². The minimum atomic E-state index is -1.10. The Hall–Kier alpha value is -3.56. The molecular weight excluding hydrogens is 362 g/mol. The van der Waals surface area contributed by atoms with Gasteiger partial charge in [0, 0.05) is 19.6 Å². The summed E-state index contributed by atoms with van der Waals surface area (Å²) >= 11 is 0. The fourth-order valence-electron chi connectivity index (χ4n) is 3.45. The monoisotopic (exact) mass is 381 g/mol. The zero-order chi connectivity index (χ0) is 19.5. The highest BCUT2D eigenvalue weighted by Gasteiger charge is 2.27. The quantitative estimate of drug-likeness (QED) is 0.703. The van der Waals surface area contributed by atoms with Gasteiger partial charge in [-0.3, -0.25) is 9.48 Å². The van der Waals surface area contributed by atoms with Crippen LogP contribution in [0, 0.1) is 5.92 Å². The first-order valence-corrected chi connectivity index (χ1v) is 9.00. The Labute approximate surface area is 160 Å². The number of hydrogen-bond acceptors (Lipinski definition) is 6. The highest BCUT2D eigenvalue weighted by atomic mass is 16.4. The topological polar surface area (TPSA) is 119 Å². The molecule has 0 bridgehead atoms. The minimum Gasteiger partial charge on any atom is -0.476 e. The Bertz CT molecular complexity index is 982. The van der Waals surface area contributed by atoms with Crippen molar-refractivity contribution in [3.8, 4) is 5.69 Å².